The molecule has 0 bridgehead atoms. The lowest BCUT2D eigenvalue weighted by Crippen LogP contribution is -2.43. The molecule has 0 aliphatic carbocycles. The Labute approximate surface area is 137 Å². The normalized spacial score (nSPS) is 10.3. The van der Waals surface area contributed by atoms with Crippen molar-refractivity contribution in [2.24, 2.45) is 0 Å². The standard InChI is InChI=1S/C16H25N3O4/c1-18(2)14-7-5-13(6-8-14)17-15(20)16(21)19(9-11-22-3)10-12-23-4/h5-8H,9-12H2,1-4H3,(H,17,20). The van der Waals surface area contributed by atoms with Crippen molar-refractivity contribution in [2.75, 3.05) is 64.8 Å². The van der Waals surface area contributed by atoms with Crippen LogP contribution in [0.5, 0.6) is 0 Å². The minimum atomic E-state index is -0.671. The van der Waals surface area contributed by atoms with Crippen LogP contribution in [0.2, 0.25) is 0 Å². The van der Waals surface area contributed by atoms with Gasteiger partial charge in [0.2, 0.25) is 0 Å². The topological polar surface area (TPSA) is 71.1 Å². The van der Waals surface area contributed by atoms with Crippen molar-refractivity contribution in [1.82, 2.24) is 4.90 Å². The number of hydrogen-bond acceptors (Lipinski definition) is 5. The zero-order valence-corrected chi connectivity index (χ0v) is 14.2. The summed E-state index contributed by atoms with van der Waals surface area (Å²) in [4.78, 5) is 27.7. The van der Waals surface area contributed by atoms with Crippen LogP contribution in [0.3, 0.4) is 0 Å². The van der Waals surface area contributed by atoms with Crippen molar-refractivity contribution in [3.63, 3.8) is 0 Å². The molecule has 0 fully saturated rings. The van der Waals surface area contributed by atoms with Gasteiger partial charge in [0.25, 0.3) is 0 Å². The Morgan fingerprint density at radius 2 is 1.52 bits per heavy atom. The van der Waals surface area contributed by atoms with E-state index in [0.717, 1.165) is 5.69 Å². The van der Waals surface area contributed by atoms with Gasteiger partial charge in [0.1, 0.15) is 0 Å². The fourth-order valence-corrected chi connectivity index (χ4v) is 1.89. The molecule has 0 saturated heterocycles. The second-order valence-electron chi connectivity index (χ2n) is 5.17. The molecule has 0 unspecified atom stereocenters. The van der Waals surface area contributed by atoms with E-state index < -0.39 is 11.8 Å². The van der Waals surface area contributed by atoms with E-state index in [-0.39, 0.29) is 0 Å². The third-order valence-corrected chi connectivity index (χ3v) is 3.25. The third-order valence-electron chi connectivity index (χ3n) is 3.25. The largest absolute Gasteiger partial charge is 0.383 e. The van der Waals surface area contributed by atoms with E-state index in [1.165, 1.54) is 4.90 Å². The fraction of sp³-hybridized carbons (Fsp3) is 0.500. The van der Waals surface area contributed by atoms with Crippen LogP contribution in [0.25, 0.3) is 0 Å². The van der Waals surface area contributed by atoms with Crippen molar-refractivity contribution in [2.45, 2.75) is 0 Å². The molecule has 0 aliphatic heterocycles. The van der Waals surface area contributed by atoms with Gasteiger partial charge in [-0.15, -0.1) is 0 Å². The molecule has 0 heterocycles. The summed E-state index contributed by atoms with van der Waals surface area (Å²) in [6.45, 7) is 1.40. The minimum Gasteiger partial charge on any atom is -0.383 e. The van der Waals surface area contributed by atoms with E-state index in [1.54, 1.807) is 26.4 Å². The highest BCUT2D eigenvalue weighted by Gasteiger charge is 2.21. The molecule has 23 heavy (non-hydrogen) atoms. The molecular weight excluding hydrogens is 298 g/mol. The van der Waals surface area contributed by atoms with Crippen molar-refractivity contribution in [1.29, 1.82) is 0 Å². The van der Waals surface area contributed by atoms with Crippen molar-refractivity contribution in [3.05, 3.63) is 24.3 Å². The molecule has 1 aromatic rings. The molecule has 7 nitrogen and oxygen atoms in total. The first-order valence-corrected chi connectivity index (χ1v) is 7.35. The molecule has 0 aromatic heterocycles. The molecule has 0 spiro atoms. The Balaban J connectivity index is 2.67. The van der Waals surface area contributed by atoms with E-state index >= 15 is 0 Å². The molecule has 1 aromatic carbocycles. The predicted molar refractivity (Wildman–Crippen MR) is 89.7 cm³/mol. The first kappa shape index (κ1) is 18.9. The molecule has 7 heteroatoms. The molecule has 128 valence electrons. The van der Waals surface area contributed by atoms with Gasteiger partial charge in [0.15, 0.2) is 0 Å². The highest BCUT2D eigenvalue weighted by molar-refractivity contribution is 6.39. The van der Waals surface area contributed by atoms with Crippen LogP contribution < -0.4 is 10.2 Å². The lowest BCUT2D eigenvalue weighted by molar-refractivity contribution is -0.144. The van der Waals surface area contributed by atoms with Gasteiger partial charge in [0.05, 0.1) is 13.2 Å². The Hall–Kier alpha value is -2.12. The van der Waals surface area contributed by atoms with E-state index in [0.29, 0.717) is 32.0 Å². The van der Waals surface area contributed by atoms with Crippen LogP contribution >= 0.6 is 0 Å². The minimum absolute atomic E-state index is 0.339. The van der Waals surface area contributed by atoms with Gasteiger partial charge in [-0.25, -0.2) is 0 Å². The monoisotopic (exact) mass is 323 g/mol. The zero-order chi connectivity index (χ0) is 17.2. The number of benzene rings is 1. The molecule has 1 rings (SSSR count). The number of amides is 2. The summed E-state index contributed by atoms with van der Waals surface area (Å²) in [5, 5.41) is 2.61. The number of nitrogens with one attached hydrogen (secondary N) is 1. The number of carbonyl (C=O) groups is 2. The Bertz CT molecular complexity index is 495. The number of rotatable bonds is 8. The highest BCUT2D eigenvalue weighted by atomic mass is 16.5. The maximum absolute atomic E-state index is 12.2. The van der Waals surface area contributed by atoms with Gasteiger partial charge in [-0.1, -0.05) is 0 Å². The molecule has 2 amide bonds. The first-order chi connectivity index (χ1) is 11.0. The van der Waals surface area contributed by atoms with Gasteiger partial charge in [-0.3, -0.25) is 9.59 Å². The fourth-order valence-electron chi connectivity index (χ4n) is 1.89. The summed E-state index contributed by atoms with van der Waals surface area (Å²) >= 11 is 0. The molecule has 0 radical (unpaired) electrons. The Kier molecular flexibility index (Phi) is 8.07. The summed E-state index contributed by atoms with van der Waals surface area (Å²) in [7, 11) is 6.96. The summed E-state index contributed by atoms with van der Waals surface area (Å²) in [5.41, 5.74) is 1.59. The lowest BCUT2D eigenvalue weighted by Gasteiger charge is -2.21. The highest BCUT2D eigenvalue weighted by Crippen LogP contribution is 2.15. The van der Waals surface area contributed by atoms with E-state index in [4.69, 9.17) is 9.47 Å². The smallest absolute Gasteiger partial charge is 0.313 e. The average molecular weight is 323 g/mol. The number of nitrogens with zero attached hydrogens (tertiary/aromatic N) is 2. The maximum atomic E-state index is 12.2. The second kappa shape index (κ2) is 9.81. The van der Waals surface area contributed by atoms with Crippen molar-refractivity contribution < 1.29 is 19.1 Å². The van der Waals surface area contributed by atoms with E-state index in [9.17, 15) is 9.59 Å². The van der Waals surface area contributed by atoms with Crippen molar-refractivity contribution in [3.8, 4) is 0 Å². The SMILES string of the molecule is COCCN(CCOC)C(=O)C(=O)Nc1ccc(N(C)C)cc1. The van der Waals surface area contributed by atoms with E-state index in [2.05, 4.69) is 5.32 Å². The van der Waals surface area contributed by atoms with Crippen LogP contribution in [0.4, 0.5) is 11.4 Å². The maximum Gasteiger partial charge on any atom is 0.313 e. The molecule has 1 N–H and O–H groups in total. The lowest BCUT2D eigenvalue weighted by atomic mass is 10.2. The predicted octanol–water partition coefficient (Wildman–Crippen LogP) is 0.813. The molecule has 0 atom stereocenters. The zero-order valence-electron chi connectivity index (χ0n) is 14.2. The summed E-state index contributed by atoms with van der Waals surface area (Å²) in [6.07, 6.45) is 0. The average Bonchev–Trinajstić information content (AvgIpc) is 2.55. The molecular formula is C16H25N3O4. The van der Waals surface area contributed by atoms with Crippen LogP contribution in [-0.4, -0.2) is 71.3 Å². The molecule has 0 saturated carbocycles. The second-order valence-corrected chi connectivity index (χ2v) is 5.17. The van der Waals surface area contributed by atoms with Crippen LogP contribution in [0, 0.1) is 0 Å². The summed E-state index contributed by atoms with van der Waals surface area (Å²) in [5.74, 6) is -1.27. The van der Waals surface area contributed by atoms with E-state index in [1.807, 2.05) is 31.1 Å². The van der Waals surface area contributed by atoms with Gasteiger partial charge in [0, 0.05) is 52.8 Å². The van der Waals surface area contributed by atoms with Crippen LogP contribution in [-0.2, 0) is 19.1 Å². The van der Waals surface area contributed by atoms with Gasteiger partial charge in [-0.05, 0) is 24.3 Å². The number of methoxy groups -OCH3 is 2. The molecule has 0 aliphatic rings. The number of hydrogen-bond donors (Lipinski definition) is 1. The Morgan fingerprint density at radius 1 is 1.00 bits per heavy atom. The summed E-state index contributed by atoms with van der Waals surface area (Å²) < 4.78 is 9.93. The first-order valence-electron chi connectivity index (χ1n) is 7.35. The van der Waals surface area contributed by atoms with Crippen molar-refractivity contribution >= 4 is 23.2 Å². The Morgan fingerprint density at radius 3 is 1.96 bits per heavy atom. The number of anilines is 2. The van der Waals surface area contributed by atoms with Crippen LogP contribution in [0.1, 0.15) is 0 Å². The van der Waals surface area contributed by atoms with Gasteiger partial charge >= 0.3 is 11.8 Å². The number of ether oxygens (including phenoxy) is 2. The van der Waals surface area contributed by atoms with Crippen LogP contribution in [0.15, 0.2) is 24.3 Å². The quantitative estimate of drug-likeness (QED) is 0.717. The number of carbonyl (C=O) groups excluding carboxylic acids is 2. The summed E-state index contributed by atoms with van der Waals surface area (Å²) in [6, 6.07) is 7.26. The van der Waals surface area contributed by atoms with Gasteiger partial charge < -0.3 is 24.6 Å². The van der Waals surface area contributed by atoms with Gasteiger partial charge in [-0.2, -0.15) is 0 Å². The third kappa shape index (κ3) is 6.25.